The van der Waals surface area contributed by atoms with Crippen LogP contribution in [0.3, 0.4) is 0 Å². The predicted molar refractivity (Wildman–Crippen MR) is 70.9 cm³/mol. The average molecular weight is 248 g/mol. The molecule has 0 saturated heterocycles. The lowest BCUT2D eigenvalue weighted by atomic mass is 10.0. The van der Waals surface area contributed by atoms with Crippen LogP contribution in [0, 0.1) is 0 Å². The van der Waals surface area contributed by atoms with Gasteiger partial charge in [-0.1, -0.05) is 44.4 Å². The summed E-state index contributed by atoms with van der Waals surface area (Å²) in [4.78, 5) is 23.2. The highest BCUT2D eigenvalue weighted by atomic mass is 16.5. The first-order valence-corrected chi connectivity index (χ1v) is 6.44. The monoisotopic (exact) mass is 248 g/mol. The molecule has 0 N–H and O–H groups in total. The van der Waals surface area contributed by atoms with E-state index < -0.39 is 5.97 Å². The number of hydrogen-bond donors (Lipinski definition) is 0. The van der Waals surface area contributed by atoms with Crippen molar-refractivity contribution in [1.29, 1.82) is 0 Å². The maximum atomic E-state index is 11.8. The first kappa shape index (κ1) is 14.4. The van der Waals surface area contributed by atoms with Crippen LogP contribution in [0.25, 0.3) is 0 Å². The van der Waals surface area contributed by atoms with Gasteiger partial charge in [0.05, 0.1) is 12.2 Å². The molecule has 0 aliphatic heterocycles. The largest absolute Gasteiger partial charge is 0.462 e. The topological polar surface area (TPSA) is 43.4 Å². The van der Waals surface area contributed by atoms with Gasteiger partial charge >= 0.3 is 5.97 Å². The lowest BCUT2D eigenvalue weighted by molar-refractivity contribution is 0.0495. The van der Waals surface area contributed by atoms with Gasteiger partial charge in [-0.3, -0.25) is 4.79 Å². The number of esters is 1. The lowest BCUT2D eigenvalue weighted by Gasteiger charge is -2.07. The molecule has 1 rings (SSSR count). The lowest BCUT2D eigenvalue weighted by Crippen LogP contribution is -2.11. The normalized spacial score (nSPS) is 10.1. The molecular formula is C15H20O3. The van der Waals surface area contributed by atoms with Gasteiger partial charge in [-0.2, -0.15) is 0 Å². The van der Waals surface area contributed by atoms with Crippen LogP contribution >= 0.6 is 0 Å². The average Bonchev–Trinajstić information content (AvgIpc) is 2.38. The van der Waals surface area contributed by atoms with Crippen molar-refractivity contribution in [2.45, 2.75) is 39.5 Å². The van der Waals surface area contributed by atoms with E-state index in [0.717, 1.165) is 25.7 Å². The smallest absolute Gasteiger partial charge is 0.338 e. The van der Waals surface area contributed by atoms with Crippen LogP contribution in [0.4, 0.5) is 0 Å². The molecule has 0 atom stereocenters. The fraction of sp³-hybridized carbons (Fsp3) is 0.467. The number of unbranched alkanes of at least 4 members (excludes halogenated alkanes) is 3. The fourth-order valence-corrected chi connectivity index (χ4v) is 1.74. The van der Waals surface area contributed by atoms with E-state index in [2.05, 4.69) is 6.92 Å². The molecule has 0 aliphatic rings. The van der Waals surface area contributed by atoms with E-state index in [0.29, 0.717) is 17.7 Å². The minimum Gasteiger partial charge on any atom is -0.462 e. The number of benzene rings is 1. The molecule has 0 radical (unpaired) electrons. The van der Waals surface area contributed by atoms with E-state index in [1.807, 2.05) is 0 Å². The molecule has 0 unspecified atom stereocenters. The van der Waals surface area contributed by atoms with E-state index >= 15 is 0 Å². The van der Waals surface area contributed by atoms with Crippen molar-refractivity contribution in [2.75, 3.05) is 6.61 Å². The minimum absolute atomic E-state index is 0.117. The third-order valence-electron chi connectivity index (χ3n) is 2.76. The van der Waals surface area contributed by atoms with E-state index in [9.17, 15) is 9.59 Å². The predicted octanol–water partition coefficient (Wildman–Crippen LogP) is 3.63. The van der Waals surface area contributed by atoms with E-state index in [1.54, 1.807) is 24.3 Å². The summed E-state index contributed by atoms with van der Waals surface area (Å²) < 4.78 is 5.17. The Morgan fingerprint density at radius 3 is 2.33 bits per heavy atom. The Morgan fingerprint density at radius 2 is 1.72 bits per heavy atom. The third kappa shape index (κ3) is 4.32. The summed E-state index contributed by atoms with van der Waals surface area (Å²) in [5.74, 6) is -0.522. The number of ketones is 1. The molecule has 0 saturated carbocycles. The molecule has 0 heterocycles. The Balaban J connectivity index is 2.54. The zero-order chi connectivity index (χ0) is 13.4. The second-order valence-corrected chi connectivity index (χ2v) is 4.30. The SMILES string of the molecule is CCCCCCOC(=O)c1ccccc1C(C)=O. The second-order valence-electron chi connectivity index (χ2n) is 4.30. The first-order valence-electron chi connectivity index (χ1n) is 6.44. The number of Topliss-reactive ketones (excluding diaryl/α,β-unsaturated/α-hetero) is 1. The molecule has 0 aliphatic carbocycles. The van der Waals surface area contributed by atoms with Crippen molar-refractivity contribution in [1.82, 2.24) is 0 Å². The first-order chi connectivity index (χ1) is 8.66. The highest BCUT2D eigenvalue weighted by Crippen LogP contribution is 2.11. The molecule has 0 bridgehead atoms. The van der Waals surface area contributed by atoms with E-state index in [4.69, 9.17) is 4.74 Å². The summed E-state index contributed by atoms with van der Waals surface area (Å²) >= 11 is 0. The number of rotatable bonds is 7. The minimum atomic E-state index is -0.405. The summed E-state index contributed by atoms with van der Waals surface area (Å²) in [6.45, 7) is 4.01. The van der Waals surface area contributed by atoms with E-state index in [-0.39, 0.29) is 5.78 Å². The van der Waals surface area contributed by atoms with E-state index in [1.165, 1.54) is 6.92 Å². The van der Waals surface area contributed by atoms with Crippen molar-refractivity contribution < 1.29 is 14.3 Å². The van der Waals surface area contributed by atoms with Crippen molar-refractivity contribution >= 4 is 11.8 Å². The van der Waals surface area contributed by atoms with Gasteiger partial charge in [-0.05, 0) is 19.4 Å². The number of ether oxygens (including phenoxy) is 1. The van der Waals surface area contributed by atoms with Gasteiger partial charge in [-0.25, -0.2) is 4.79 Å². The molecule has 0 aromatic heterocycles. The van der Waals surface area contributed by atoms with Gasteiger partial charge in [0.1, 0.15) is 0 Å². The molecular weight excluding hydrogens is 228 g/mol. The van der Waals surface area contributed by atoms with Crippen LogP contribution in [0.2, 0.25) is 0 Å². The molecule has 0 spiro atoms. The van der Waals surface area contributed by atoms with Crippen LogP contribution in [-0.2, 0) is 4.74 Å². The van der Waals surface area contributed by atoms with Gasteiger partial charge in [-0.15, -0.1) is 0 Å². The number of carbonyl (C=O) groups is 2. The van der Waals surface area contributed by atoms with Crippen molar-refractivity contribution in [3.05, 3.63) is 35.4 Å². The molecule has 18 heavy (non-hydrogen) atoms. The van der Waals surface area contributed by atoms with Crippen molar-refractivity contribution in [3.63, 3.8) is 0 Å². The molecule has 0 amide bonds. The van der Waals surface area contributed by atoms with Crippen LogP contribution in [0.1, 0.15) is 60.2 Å². The Hall–Kier alpha value is -1.64. The Kier molecular flexibility index (Phi) is 6.12. The summed E-state index contributed by atoms with van der Waals surface area (Å²) in [6.07, 6.45) is 4.25. The fourth-order valence-electron chi connectivity index (χ4n) is 1.74. The van der Waals surface area contributed by atoms with Crippen molar-refractivity contribution in [3.8, 4) is 0 Å². The van der Waals surface area contributed by atoms with Crippen LogP contribution in [0.15, 0.2) is 24.3 Å². The molecule has 3 nitrogen and oxygen atoms in total. The van der Waals surface area contributed by atoms with Gasteiger partial charge in [0, 0.05) is 5.56 Å². The number of carbonyl (C=O) groups excluding carboxylic acids is 2. The second kappa shape index (κ2) is 7.64. The summed E-state index contributed by atoms with van der Waals surface area (Å²) in [6, 6.07) is 6.76. The Morgan fingerprint density at radius 1 is 1.06 bits per heavy atom. The Bertz CT molecular complexity index is 410. The van der Waals surface area contributed by atoms with Crippen molar-refractivity contribution in [2.24, 2.45) is 0 Å². The number of hydrogen-bond acceptors (Lipinski definition) is 3. The van der Waals surface area contributed by atoms with Gasteiger partial charge in [0.2, 0.25) is 0 Å². The van der Waals surface area contributed by atoms with Crippen LogP contribution < -0.4 is 0 Å². The maximum Gasteiger partial charge on any atom is 0.338 e. The summed E-state index contributed by atoms with van der Waals surface area (Å²) in [7, 11) is 0. The molecule has 0 fully saturated rings. The highest BCUT2D eigenvalue weighted by molar-refractivity contribution is 6.05. The zero-order valence-electron chi connectivity index (χ0n) is 11.1. The molecule has 1 aromatic carbocycles. The highest BCUT2D eigenvalue weighted by Gasteiger charge is 2.14. The molecule has 1 aromatic rings. The summed E-state index contributed by atoms with van der Waals surface area (Å²) in [5.41, 5.74) is 0.788. The van der Waals surface area contributed by atoms with Gasteiger partial charge in [0.15, 0.2) is 5.78 Å². The molecule has 98 valence electrons. The Labute approximate surface area is 108 Å². The maximum absolute atomic E-state index is 11.8. The summed E-state index contributed by atoms with van der Waals surface area (Å²) in [5, 5.41) is 0. The third-order valence-corrected chi connectivity index (χ3v) is 2.76. The zero-order valence-corrected chi connectivity index (χ0v) is 11.1. The van der Waals surface area contributed by atoms with Crippen LogP contribution in [-0.4, -0.2) is 18.4 Å². The van der Waals surface area contributed by atoms with Crippen LogP contribution in [0.5, 0.6) is 0 Å². The quantitative estimate of drug-likeness (QED) is 0.420. The van der Waals surface area contributed by atoms with Gasteiger partial charge in [0.25, 0.3) is 0 Å². The standard InChI is InChI=1S/C15H20O3/c1-3-4-5-8-11-18-15(17)14-10-7-6-9-13(14)12(2)16/h6-7,9-10H,3-5,8,11H2,1-2H3. The molecule has 3 heteroatoms. The van der Waals surface area contributed by atoms with Gasteiger partial charge < -0.3 is 4.74 Å².